The van der Waals surface area contributed by atoms with Crippen LogP contribution in [0.1, 0.15) is 17.5 Å². The van der Waals surface area contributed by atoms with Gasteiger partial charge in [-0.05, 0) is 59.2 Å². The summed E-state index contributed by atoms with van der Waals surface area (Å²) in [6.45, 7) is 1.84. The summed E-state index contributed by atoms with van der Waals surface area (Å²) in [7, 11) is 0. The van der Waals surface area contributed by atoms with Crippen LogP contribution in [0.3, 0.4) is 0 Å². The summed E-state index contributed by atoms with van der Waals surface area (Å²) in [6, 6.07) is 3.76. The molecule has 1 amide bonds. The molecule has 0 saturated heterocycles. The summed E-state index contributed by atoms with van der Waals surface area (Å²) < 4.78 is 1.05. The second-order valence-corrected chi connectivity index (χ2v) is 4.54. The molecule has 0 heterocycles. The van der Waals surface area contributed by atoms with E-state index in [2.05, 4.69) is 28.0 Å². The number of aryl methyl sites for hydroxylation is 2. The Kier molecular flexibility index (Phi) is 4.34. The summed E-state index contributed by atoms with van der Waals surface area (Å²) in [5, 5.41) is 9.74. The number of hydrogen-bond donors (Lipinski definition) is 3. The SMILES string of the molecule is Cc1cc(I)cc(CCC(=O)NN)c1O. The Hall–Kier alpha value is -0.820. The van der Waals surface area contributed by atoms with E-state index in [-0.39, 0.29) is 18.1 Å². The molecule has 4 nitrogen and oxygen atoms in total. The predicted octanol–water partition coefficient (Wildman–Crippen LogP) is 1.23. The van der Waals surface area contributed by atoms with Crippen molar-refractivity contribution >= 4 is 28.5 Å². The summed E-state index contributed by atoms with van der Waals surface area (Å²) in [6.07, 6.45) is 0.774. The molecule has 1 aromatic rings. The highest BCUT2D eigenvalue weighted by molar-refractivity contribution is 14.1. The van der Waals surface area contributed by atoms with Crippen LogP contribution in [0, 0.1) is 10.5 Å². The molecule has 0 aliphatic heterocycles. The Labute approximate surface area is 102 Å². The van der Waals surface area contributed by atoms with Crippen molar-refractivity contribution in [3.63, 3.8) is 0 Å². The Morgan fingerprint density at radius 3 is 2.87 bits per heavy atom. The molecule has 0 fully saturated rings. The largest absolute Gasteiger partial charge is 0.507 e. The summed E-state index contributed by atoms with van der Waals surface area (Å²) in [4.78, 5) is 10.9. The predicted molar refractivity (Wildman–Crippen MR) is 66.2 cm³/mol. The Bertz CT molecular complexity index is 380. The zero-order valence-corrected chi connectivity index (χ0v) is 10.5. The maximum Gasteiger partial charge on any atom is 0.234 e. The quantitative estimate of drug-likeness (QED) is 0.339. The van der Waals surface area contributed by atoms with Crippen LogP contribution in [-0.4, -0.2) is 11.0 Å². The number of nitrogens with one attached hydrogen (secondary N) is 1. The van der Waals surface area contributed by atoms with Gasteiger partial charge in [-0.3, -0.25) is 10.2 Å². The molecule has 5 heteroatoms. The van der Waals surface area contributed by atoms with Crippen LogP contribution in [0.15, 0.2) is 12.1 Å². The number of aromatic hydroxyl groups is 1. The minimum absolute atomic E-state index is 0.231. The number of benzene rings is 1. The topological polar surface area (TPSA) is 75.4 Å². The van der Waals surface area contributed by atoms with Gasteiger partial charge in [-0.2, -0.15) is 0 Å². The number of rotatable bonds is 3. The Morgan fingerprint density at radius 2 is 2.27 bits per heavy atom. The lowest BCUT2D eigenvalue weighted by atomic mass is 10.1. The number of hydrogen-bond acceptors (Lipinski definition) is 3. The van der Waals surface area contributed by atoms with Gasteiger partial charge in [0.2, 0.25) is 5.91 Å². The van der Waals surface area contributed by atoms with Gasteiger partial charge in [0.25, 0.3) is 0 Å². The van der Waals surface area contributed by atoms with Gasteiger partial charge in [0.1, 0.15) is 5.75 Å². The molecule has 0 unspecified atom stereocenters. The fourth-order valence-corrected chi connectivity index (χ4v) is 2.16. The molecule has 0 aromatic heterocycles. The average molecular weight is 320 g/mol. The van der Waals surface area contributed by atoms with E-state index in [1.807, 2.05) is 19.1 Å². The molecule has 0 spiro atoms. The normalized spacial score (nSPS) is 10.1. The molecular weight excluding hydrogens is 307 g/mol. The summed E-state index contributed by atoms with van der Waals surface area (Å²) in [5.74, 6) is 5.00. The minimum Gasteiger partial charge on any atom is -0.507 e. The van der Waals surface area contributed by atoms with Gasteiger partial charge in [-0.25, -0.2) is 5.84 Å². The van der Waals surface area contributed by atoms with Crippen molar-refractivity contribution in [1.82, 2.24) is 5.43 Å². The van der Waals surface area contributed by atoms with Crippen LogP contribution in [0.2, 0.25) is 0 Å². The van der Waals surface area contributed by atoms with Gasteiger partial charge >= 0.3 is 0 Å². The van der Waals surface area contributed by atoms with E-state index in [1.54, 1.807) is 0 Å². The highest BCUT2D eigenvalue weighted by Gasteiger charge is 2.08. The molecule has 15 heavy (non-hydrogen) atoms. The van der Waals surface area contributed by atoms with Gasteiger partial charge < -0.3 is 5.11 Å². The fraction of sp³-hybridized carbons (Fsp3) is 0.300. The first-order valence-electron chi connectivity index (χ1n) is 4.52. The van der Waals surface area contributed by atoms with Crippen molar-refractivity contribution in [2.24, 2.45) is 5.84 Å². The molecule has 82 valence electrons. The van der Waals surface area contributed by atoms with Gasteiger partial charge in [0.15, 0.2) is 0 Å². The van der Waals surface area contributed by atoms with Crippen LogP contribution < -0.4 is 11.3 Å². The lowest BCUT2D eigenvalue weighted by Crippen LogP contribution is -2.30. The molecule has 1 rings (SSSR count). The van der Waals surface area contributed by atoms with E-state index in [1.165, 1.54) is 0 Å². The molecule has 0 bridgehead atoms. The fourth-order valence-electron chi connectivity index (χ4n) is 1.32. The lowest BCUT2D eigenvalue weighted by Gasteiger charge is -2.07. The number of phenolic OH excluding ortho intramolecular Hbond substituents is 1. The maximum absolute atomic E-state index is 10.9. The van der Waals surface area contributed by atoms with Crippen LogP contribution in [0.25, 0.3) is 0 Å². The van der Waals surface area contributed by atoms with Gasteiger partial charge in [-0.15, -0.1) is 0 Å². The molecule has 0 aliphatic rings. The standard InChI is InChI=1S/C10H13IN2O2/c1-6-4-8(11)5-7(10(6)15)2-3-9(14)13-12/h4-5,15H,2-3,12H2,1H3,(H,13,14). The number of halogens is 1. The van der Waals surface area contributed by atoms with E-state index in [0.29, 0.717) is 6.42 Å². The van der Waals surface area contributed by atoms with E-state index < -0.39 is 0 Å². The number of phenols is 1. The van der Waals surface area contributed by atoms with Crippen LogP contribution in [0.5, 0.6) is 5.75 Å². The number of carbonyl (C=O) groups is 1. The lowest BCUT2D eigenvalue weighted by molar-refractivity contribution is -0.121. The van der Waals surface area contributed by atoms with E-state index in [0.717, 1.165) is 14.7 Å². The number of carbonyl (C=O) groups excluding carboxylic acids is 1. The van der Waals surface area contributed by atoms with Crippen molar-refractivity contribution in [2.75, 3.05) is 0 Å². The maximum atomic E-state index is 10.9. The zero-order chi connectivity index (χ0) is 11.4. The van der Waals surface area contributed by atoms with Crippen LogP contribution >= 0.6 is 22.6 Å². The highest BCUT2D eigenvalue weighted by Crippen LogP contribution is 2.25. The molecule has 4 N–H and O–H groups in total. The number of amides is 1. The summed E-state index contributed by atoms with van der Waals surface area (Å²) >= 11 is 2.18. The second-order valence-electron chi connectivity index (χ2n) is 3.30. The molecule has 0 aliphatic carbocycles. The van der Waals surface area contributed by atoms with Crippen molar-refractivity contribution < 1.29 is 9.90 Å². The third-order valence-electron chi connectivity index (χ3n) is 2.13. The van der Waals surface area contributed by atoms with Crippen molar-refractivity contribution in [3.05, 3.63) is 26.8 Å². The first-order chi connectivity index (χ1) is 7.04. The minimum atomic E-state index is -0.231. The third kappa shape index (κ3) is 3.35. The average Bonchev–Trinajstić information content (AvgIpc) is 2.20. The van der Waals surface area contributed by atoms with E-state index in [9.17, 15) is 9.90 Å². The number of nitrogens with two attached hydrogens (primary N) is 1. The van der Waals surface area contributed by atoms with Crippen LogP contribution in [-0.2, 0) is 11.2 Å². The number of hydrazine groups is 1. The molecule has 0 radical (unpaired) electrons. The molecule has 0 atom stereocenters. The zero-order valence-electron chi connectivity index (χ0n) is 8.38. The first kappa shape index (κ1) is 12.3. The van der Waals surface area contributed by atoms with Crippen molar-refractivity contribution in [1.29, 1.82) is 0 Å². The van der Waals surface area contributed by atoms with Crippen molar-refractivity contribution in [2.45, 2.75) is 19.8 Å². The molecular formula is C10H13IN2O2. The molecule has 0 saturated carbocycles. The highest BCUT2D eigenvalue weighted by atomic mass is 127. The monoisotopic (exact) mass is 320 g/mol. The van der Waals surface area contributed by atoms with Gasteiger partial charge in [0, 0.05) is 9.99 Å². The van der Waals surface area contributed by atoms with Gasteiger partial charge in [-0.1, -0.05) is 0 Å². The smallest absolute Gasteiger partial charge is 0.234 e. The summed E-state index contributed by atoms with van der Waals surface area (Å²) in [5.41, 5.74) is 3.67. The van der Waals surface area contributed by atoms with Crippen molar-refractivity contribution in [3.8, 4) is 5.75 Å². The van der Waals surface area contributed by atoms with Crippen LogP contribution in [0.4, 0.5) is 0 Å². The second kappa shape index (κ2) is 5.32. The van der Waals surface area contributed by atoms with E-state index in [4.69, 9.17) is 5.84 Å². The first-order valence-corrected chi connectivity index (χ1v) is 5.60. The molecule has 1 aromatic carbocycles. The Morgan fingerprint density at radius 1 is 1.60 bits per heavy atom. The third-order valence-corrected chi connectivity index (χ3v) is 2.75. The Balaban J connectivity index is 2.81. The van der Waals surface area contributed by atoms with Gasteiger partial charge in [0.05, 0.1) is 0 Å². The van der Waals surface area contributed by atoms with E-state index >= 15 is 0 Å².